The first-order chi connectivity index (χ1) is 8.68. The summed E-state index contributed by atoms with van der Waals surface area (Å²) in [6, 6.07) is 10.1. The summed E-state index contributed by atoms with van der Waals surface area (Å²) in [6.45, 7) is 2.48. The van der Waals surface area contributed by atoms with Crippen LogP contribution in [0, 0.1) is 5.41 Å². The van der Waals surface area contributed by atoms with Gasteiger partial charge in [-0.25, -0.2) is 0 Å². The van der Waals surface area contributed by atoms with Crippen LogP contribution < -0.4 is 11.1 Å². The quantitative estimate of drug-likeness (QED) is 0.857. The fourth-order valence-electron chi connectivity index (χ4n) is 2.75. The highest BCUT2D eigenvalue weighted by Gasteiger charge is 2.40. The molecule has 3 nitrogen and oxygen atoms in total. The monoisotopic (exact) mass is 246 g/mol. The van der Waals surface area contributed by atoms with Crippen molar-refractivity contribution >= 4 is 5.91 Å². The van der Waals surface area contributed by atoms with E-state index in [2.05, 4.69) is 5.32 Å². The summed E-state index contributed by atoms with van der Waals surface area (Å²) in [4.78, 5) is 12.4. The van der Waals surface area contributed by atoms with Gasteiger partial charge in [-0.1, -0.05) is 43.2 Å². The Bertz CT molecular complexity index is 396. The Morgan fingerprint density at radius 3 is 2.50 bits per heavy atom. The molecule has 0 unspecified atom stereocenters. The third kappa shape index (κ3) is 2.56. The average Bonchev–Trinajstić information content (AvgIpc) is 2.89. The largest absolute Gasteiger partial charge is 0.349 e. The summed E-state index contributed by atoms with van der Waals surface area (Å²) in [6.07, 6.45) is 4.09. The van der Waals surface area contributed by atoms with Crippen molar-refractivity contribution in [3.8, 4) is 0 Å². The Morgan fingerprint density at radius 1 is 1.33 bits per heavy atom. The van der Waals surface area contributed by atoms with Crippen molar-refractivity contribution in [2.45, 2.75) is 38.6 Å². The number of nitrogens with two attached hydrogens (primary N) is 1. The van der Waals surface area contributed by atoms with E-state index in [4.69, 9.17) is 5.73 Å². The van der Waals surface area contributed by atoms with Crippen LogP contribution >= 0.6 is 0 Å². The van der Waals surface area contributed by atoms with Crippen LogP contribution in [0.3, 0.4) is 0 Å². The van der Waals surface area contributed by atoms with E-state index >= 15 is 0 Å². The van der Waals surface area contributed by atoms with Gasteiger partial charge < -0.3 is 11.1 Å². The standard InChI is InChI=1S/C15H22N2O/c1-12(13-7-3-2-4-8-13)17-14(18)15(11-16)9-5-6-10-15/h2-4,7-8,12H,5-6,9-11,16H2,1H3,(H,17,18)/t12-/m0/s1. The number of rotatable bonds is 4. The molecule has 0 aliphatic heterocycles. The van der Waals surface area contributed by atoms with Crippen LogP contribution in [0.1, 0.15) is 44.2 Å². The molecule has 1 aliphatic rings. The van der Waals surface area contributed by atoms with E-state index in [1.54, 1.807) is 0 Å². The molecule has 2 rings (SSSR count). The van der Waals surface area contributed by atoms with E-state index in [1.807, 2.05) is 37.3 Å². The molecule has 0 saturated heterocycles. The summed E-state index contributed by atoms with van der Waals surface area (Å²) in [5, 5.41) is 3.11. The maximum Gasteiger partial charge on any atom is 0.227 e. The molecule has 3 heteroatoms. The van der Waals surface area contributed by atoms with E-state index in [1.165, 1.54) is 0 Å². The molecule has 1 fully saturated rings. The number of hydrogen-bond acceptors (Lipinski definition) is 2. The predicted molar refractivity (Wildman–Crippen MR) is 73.0 cm³/mol. The fraction of sp³-hybridized carbons (Fsp3) is 0.533. The molecule has 1 amide bonds. The topological polar surface area (TPSA) is 55.1 Å². The molecular formula is C15H22N2O. The summed E-state index contributed by atoms with van der Waals surface area (Å²) in [5.41, 5.74) is 6.64. The second-order valence-electron chi connectivity index (χ2n) is 5.30. The third-order valence-corrected chi connectivity index (χ3v) is 4.08. The van der Waals surface area contributed by atoms with Gasteiger partial charge in [-0.05, 0) is 25.3 Å². The van der Waals surface area contributed by atoms with Crippen molar-refractivity contribution in [3.63, 3.8) is 0 Å². The molecule has 3 N–H and O–H groups in total. The van der Waals surface area contributed by atoms with Crippen LogP contribution in [0.25, 0.3) is 0 Å². The molecule has 0 aromatic heterocycles. The van der Waals surface area contributed by atoms with E-state index in [0.29, 0.717) is 6.54 Å². The zero-order valence-electron chi connectivity index (χ0n) is 11.0. The lowest BCUT2D eigenvalue weighted by Crippen LogP contribution is -2.44. The second kappa shape index (κ2) is 5.53. The van der Waals surface area contributed by atoms with Gasteiger partial charge in [0.2, 0.25) is 5.91 Å². The van der Waals surface area contributed by atoms with Crippen LogP contribution in [0.15, 0.2) is 30.3 Å². The maximum atomic E-state index is 12.4. The SMILES string of the molecule is C[C@H](NC(=O)C1(CN)CCCC1)c1ccccc1. The van der Waals surface area contributed by atoms with Crippen LogP contribution in [-0.4, -0.2) is 12.5 Å². The van der Waals surface area contributed by atoms with Crippen molar-refractivity contribution in [1.29, 1.82) is 0 Å². The van der Waals surface area contributed by atoms with Crippen LogP contribution in [-0.2, 0) is 4.79 Å². The molecule has 1 aromatic rings. The Labute approximate surface area is 109 Å². The van der Waals surface area contributed by atoms with Gasteiger partial charge in [-0.15, -0.1) is 0 Å². The first-order valence-electron chi connectivity index (χ1n) is 6.74. The number of nitrogens with one attached hydrogen (secondary N) is 1. The highest BCUT2D eigenvalue weighted by Crippen LogP contribution is 2.37. The van der Waals surface area contributed by atoms with Crippen molar-refractivity contribution in [1.82, 2.24) is 5.32 Å². The lowest BCUT2D eigenvalue weighted by Gasteiger charge is -2.28. The van der Waals surface area contributed by atoms with Crippen molar-refractivity contribution in [3.05, 3.63) is 35.9 Å². The van der Waals surface area contributed by atoms with Gasteiger partial charge in [-0.3, -0.25) is 4.79 Å². The number of hydrogen-bond donors (Lipinski definition) is 2. The Hall–Kier alpha value is -1.35. The van der Waals surface area contributed by atoms with Gasteiger partial charge in [0.05, 0.1) is 11.5 Å². The normalized spacial score (nSPS) is 19.4. The first-order valence-corrected chi connectivity index (χ1v) is 6.74. The molecular weight excluding hydrogens is 224 g/mol. The molecule has 0 heterocycles. The van der Waals surface area contributed by atoms with Crippen molar-refractivity contribution in [2.75, 3.05) is 6.54 Å². The molecule has 1 atom stereocenters. The summed E-state index contributed by atoms with van der Waals surface area (Å²) < 4.78 is 0. The minimum Gasteiger partial charge on any atom is -0.349 e. The van der Waals surface area contributed by atoms with Crippen LogP contribution in [0.4, 0.5) is 0 Å². The van der Waals surface area contributed by atoms with E-state index < -0.39 is 0 Å². The number of benzene rings is 1. The third-order valence-electron chi connectivity index (χ3n) is 4.08. The minimum absolute atomic E-state index is 0.0442. The van der Waals surface area contributed by atoms with Gasteiger partial charge in [0.1, 0.15) is 0 Å². The Kier molecular flexibility index (Phi) is 4.02. The second-order valence-corrected chi connectivity index (χ2v) is 5.30. The predicted octanol–water partition coefficient (Wildman–Crippen LogP) is 2.38. The van der Waals surface area contributed by atoms with E-state index in [9.17, 15) is 4.79 Å². The number of carbonyl (C=O) groups excluding carboxylic acids is 1. The summed E-state index contributed by atoms with van der Waals surface area (Å²) >= 11 is 0. The summed E-state index contributed by atoms with van der Waals surface area (Å²) in [5.74, 6) is 0.124. The van der Waals surface area contributed by atoms with Crippen LogP contribution in [0.2, 0.25) is 0 Å². The smallest absolute Gasteiger partial charge is 0.227 e. The van der Waals surface area contributed by atoms with Crippen molar-refractivity contribution in [2.24, 2.45) is 11.1 Å². The van der Waals surface area contributed by atoms with Crippen LogP contribution in [0.5, 0.6) is 0 Å². The lowest BCUT2D eigenvalue weighted by molar-refractivity contribution is -0.131. The maximum absolute atomic E-state index is 12.4. The zero-order chi connectivity index (χ0) is 13.0. The molecule has 98 valence electrons. The van der Waals surface area contributed by atoms with Gasteiger partial charge in [0.15, 0.2) is 0 Å². The van der Waals surface area contributed by atoms with Gasteiger partial charge in [0.25, 0.3) is 0 Å². The fourth-order valence-corrected chi connectivity index (χ4v) is 2.75. The highest BCUT2D eigenvalue weighted by atomic mass is 16.2. The zero-order valence-corrected chi connectivity index (χ0v) is 11.0. The van der Waals surface area contributed by atoms with E-state index in [0.717, 1.165) is 31.2 Å². The molecule has 0 bridgehead atoms. The number of amides is 1. The Morgan fingerprint density at radius 2 is 1.94 bits per heavy atom. The number of carbonyl (C=O) groups is 1. The minimum atomic E-state index is -0.316. The molecule has 1 saturated carbocycles. The van der Waals surface area contributed by atoms with Gasteiger partial charge in [0, 0.05) is 6.54 Å². The Balaban J connectivity index is 2.03. The average molecular weight is 246 g/mol. The molecule has 1 aromatic carbocycles. The molecule has 0 spiro atoms. The summed E-state index contributed by atoms with van der Waals surface area (Å²) in [7, 11) is 0. The highest BCUT2D eigenvalue weighted by molar-refractivity contribution is 5.83. The lowest BCUT2D eigenvalue weighted by atomic mass is 9.85. The van der Waals surface area contributed by atoms with Gasteiger partial charge in [-0.2, -0.15) is 0 Å². The molecule has 0 radical (unpaired) electrons. The molecule has 18 heavy (non-hydrogen) atoms. The van der Waals surface area contributed by atoms with E-state index in [-0.39, 0.29) is 17.4 Å². The van der Waals surface area contributed by atoms with Gasteiger partial charge >= 0.3 is 0 Å². The first kappa shape index (κ1) is 13.1. The van der Waals surface area contributed by atoms with Crippen molar-refractivity contribution < 1.29 is 4.79 Å². The molecule has 1 aliphatic carbocycles.